The average molecular weight is 228 g/mol. The predicted octanol–water partition coefficient (Wildman–Crippen LogP) is 2.37. The second-order valence-corrected chi connectivity index (χ2v) is 5.24. The summed E-state index contributed by atoms with van der Waals surface area (Å²) < 4.78 is 2.18. The SMILES string of the molecule is Cn1c(CC(C)(C)C)c(C(=O)O)[nH]c1=S. The molecule has 0 atom stereocenters. The van der Waals surface area contributed by atoms with E-state index in [2.05, 4.69) is 25.8 Å². The molecule has 0 amide bonds. The lowest BCUT2D eigenvalue weighted by Gasteiger charge is -2.18. The van der Waals surface area contributed by atoms with E-state index < -0.39 is 5.97 Å². The maximum Gasteiger partial charge on any atom is 0.354 e. The van der Waals surface area contributed by atoms with Crippen molar-refractivity contribution in [1.82, 2.24) is 9.55 Å². The van der Waals surface area contributed by atoms with Gasteiger partial charge in [-0.2, -0.15) is 0 Å². The highest BCUT2D eigenvalue weighted by atomic mass is 32.1. The molecular formula is C10H16N2O2S. The first-order valence-corrected chi connectivity index (χ1v) is 5.14. The number of nitrogens with zero attached hydrogens (tertiary/aromatic N) is 1. The molecule has 1 heterocycles. The van der Waals surface area contributed by atoms with Gasteiger partial charge in [0.2, 0.25) is 0 Å². The molecule has 4 nitrogen and oxygen atoms in total. The predicted molar refractivity (Wildman–Crippen MR) is 60.7 cm³/mol. The number of aromatic amines is 1. The second-order valence-electron chi connectivity index (χ2n) is 4.85. The Morgan fingerprint density at radius 2 is 2.07 bits per heavy atom. The summed E-state index contributed by atoms with van der Waals surface area (Å²) in [6, 6.07) is 0. The van der Waals surface area contributed by atoms with Gasteiger partial charge in [0.05, 0.1) is 5.69 Å². The Morgan fingerprint density at radius 3 is 2.47 bits per heavy atom. The van der Waals surface area contributed by atoms with Crippen LogP contribution in [-0.2, 0) is 13.5 Å². The number of H-pyrrole nitrogens is 1. The van der Waals surface area contributed by atoms with E-state index in [9.17, 15) is 4.79 Å². The summed E-state index contributed by atoms with van der Waals surface area (Å²) in [4.78, 5) is 13.7. The minimum Gasteiger partial charge on any atom is -0.477 e. The lowest BCUT2D eigenvalue weighted by molar-refractivity contribution is 0.0689. The van der Waals surface area contributed by atoms with Crippen molar-refractivity contribution in [2.75, 3.05) is 0 Å². The molecule has 5 heteroatoms. The summed E-state index contributed by atoms with van der Waals surface area (Å²) >= 11 is 5.01. The molecule has 15 heavy (non-hydrogen) atoms. The number of carboxylic acid groups (broad SMARTS) is 1. The molecule has 0 radical (unpaired) electrons. The summed E-state index contributed by atoms with van der Waals surface area (Å²) in [5, 5.41) is 9.01. The number of carboxylic acids is 1. The summed E-state index contributed by atoms with van der Waals surface area (Å²) in [7, 11) is 1.78. The first-order chi connectivity index (χ1) is 6.72. The second kappa shape index (κ2) is 3.81. The molecule has 0 aromatic carbocycles. The third-order valence-corrected chi connectivity index (χ3v) is 2.52. The summed E-state index contributed by atoms with van der Waals surface area (Å²) in [6.07, 6.45) is 0.679. The van der Waals surface area contributed by atoms with E-state index in [1.165, 1.54) is 0 Å². The van der Waals surface area contributed by atoms with Gasteiger partial charge >= 0.3 is 5.97 Å². The van der Waals surface area contributed by atoms with Crippen molar-refractivity contribution >= 4 is 18.2 Å². The maximum atomic E-state index is 11.0. The number of imidazole rings is 1. The highest BCUT2D eigenvalue weighted by molar-refractivity contribution is 7.71. The van der Waals surface area contributed by atoms with E-state index in [1.54, 1.807) is 11.6 Å². The smallest absolute Gasteiger partial charge is 0.354 e. The topological polar surface area (TPSA) is 58.0 Å². The van der Waals surface area contributed by atoms with Crippen LogP contribution in [0.4, 0.5) is 0 Å². The Kier molecular flexibility index (Phi) is 3.04. The lowest BCUT2D eigenvalue weighted by Crippen LogP contribution is -2.15. The Balaban J connectivity index is 3.26. The van der Waals surface area contributed by atoms with Gasteiger partial charge < -0.3 is 14.7 Å². The third-order valence-electron chi connectivity index (χ3n) is 2.14. The van der Waals surface area contributed by atoms with Crippen molar-refractivity contribution in [3.05, 3.63) is 16.2 Å². The number of carbonyl (C=O) groups is 1. The van der Waals surface area contributed by atoms with E-state index in [0.717, 1.165) is 5.69 Å². The first kappa shape index (κ1) is 12.0. The Morgan fingerprint density at radius 1 is 1.53 bits per heavy atom. The zero-order valence-electron chi connectivity index (χ0n) is 9.42. The minimum absolute atomic E-state index is 0.0337. The van der Waals surface area contributed by atoms with Gasteiger partial charge in [0.25, 0.3) is 0 Å². The van der Waals surface area contributed by atoms with Crippen LogP contribution in [0.15, 0.2) is 0 Å². The molecule has 0 aliphatic heterocycles. The fourth-order valence-corrected chi connectivity index (χ4v) is 1.65. The van der Waals surface area contributed by atoms with Crippen LogP contribution in [0.2, 0.25) is 0 Å². The van der Waals surface area contributed by atoms with Crippen molar-refractivity contribution < 1.29 is 9.90 Å². The van der Waals surface area contributed by atoms with Crippen molar-refractivity contribution in [3.63, 3.8) is 0 Å². The van der Waals surface area contributed by atoms with Crippen LogP contribution in [0.3, 0.4) is 0 Å². The summed E-state index contributed by atoms with van der Waals surface area (Å²) in [6.45, 7) is 6.19. The van der Waals surface area contributed by atoms with Crippen LogP contribution >= 0.6 is 12.2 Å². The molecule has 1 rings (SSSR count). The van der Waals surface area contributed by atoms with Crippen LogP contribution in [0.25, 0.3) is 0 Å². The number of aromatic carboxylic acids is 1. The molecule has 0 aliphatic rings. The molecule has 1 aromatic rings. The normalized spacial score (nSPS) is 11.7. The highest BCUT2D eigenvalue weighted by Crippen LogP contribution is 2.22. The van der Waals surface area contributed by atoms with E-state index >= 15 is 0 Å². The van der Waals surface area contributed by atoms with Gasteiger partial charge in [-0.3, -0.25) is 0 Å². The average Bonchev–Trinajstić information content (AvgIpc) is 2.30. The van der Waals surface area contributed by atoms with Crippen LogP contribution in [0, 0.1) is 10.2 Å². The summed E-state index contributed by atoms with van der Waals surface area (Å²) in [5.74, 6) is -0.957. The van der Waals surface area contributed by atoms with Crippen molar-refractivity contribution in [2.24, 2.45) is 12.5 Å². The first-order valence-electron chi connectivity index (χ1n) is 4.73. The molecule has 0 fully saturated rings. The molecule has 0 unspecified atom stereocenters. The molecule has 0 bridgehead atoms. The fraction of sp³-hybridized carbons (Fsp3) is 0.600. The van der Waals surface area contributed by atoms with E-state index in [-0.39, 0.29) is 11.1 Å². The van der Waals surface area contributed by atoms with E-state index in [4.69, 9.17) is 17.3 Å². The van der Waals surface area contributed by atoms with Crippen molar-refractivity contribution in [1.29, 1.82) is 0 Å². The number of hydrogen-bond acceptors (Lipinski definition) is 2. The Labute approximate surface area is 93.9 Å². The molecule has 0 saturated carbocycles. The number of aromatic nitrogens is 2. The molecule has 1 aromatic heterocycles. The highest BCUT2D eigenvalue weighted by Gasteiger charge is 2.21. The third kappa shape index (κ3) is 2.68. The number of nitrogens with one attached hydrogen (secondary N) is 1. The molecule has 0 aliphatic carbocycles. The zero-order valence-corrected chi connectivity index (χ0v) is 10.2. The molecule has 84 valence electrons. The Bertz CT molecular complexity index is 437. The van der Waals surface area contributed by atoms with Gasteiger partial charge in [0.15, 0.2) is 4.77 Å². The monoisotopic (exact) mass is 228 g/mol. The fourth-order valence-electron chi connectivity index (χ4n) is 1.44. The van der Waals surface area contributed by atoms with Crippen LogP contribution in [0.5, 0.6) is 0 Å². The molecule has 2 N–H and O–H groups in total. The van der Waals surface area contributed by atoms with Gasteiger partial charge in [-0.25, -0.2) is 4.79 Å². The number of rotatable bonds is 2. The van der Waals surface area contributed by atoms with E-state index in [0.29, 0.717) is 11.2 Å². The van der Waals surface area contributed by atoms with Gasteiger partial charge in [-0.15, -0.1) is 0 Å². The zero-order chi connectivity index (χ0) is 11.8. The van der Waals surface area contributed by atoms with Crippen molar-refractivity contribution in [2.45, 2.75) is 27.2 Å². The van der Waals surface area contributed by atoms with Gasteiger partial charge in [-0.05, 0) is 24.1 Å². The quantitative estimate of drug-likeness (QED) is 0.764. The lowest BCUT2D eigenvalue weighted by atomic mass is 9.90. The maximum absolute atomic E-state index is 11.0. The van der Waals surface area contributed by atoms with E-state index in [1.807, 2.05) is 0 Å². The van der Waals surface area contributed by atoms with Gasteiger partial charge in [0.1, 0.15) is 5.69 Å². The summed E-state index contributed by atoms with van der Waals surface area (Å²) in [5.41, 5.74) is 0.990. The Hall–Kier alpha value is -1.10. The van der Waals surface area contributed by atoms with Crippen LogP contribution in [0.1, 0.15) is 37.0 Å². The van der Waals surface area contributed by atoms with Crippen molar-refractivity contribution in [3.8, 4) is 0 Å². The van der Waals surface area contributed by atoms with Crippen LogP contribution in [-0.4, -0.2) is 20.6 Å². The standard InChI is InChI=1S/C10H16N2O2S/c1-10(2,3)5-6-7(8(13)14)11-9(15)12(6)4/h5H2,1-4H3,(H,11,15)(H,13,14). The van der Waals surface area contributed by atoms with Gasteiger partial charge in [0, 0.05) is 7.05 Å². The molecular weight excluding hydrogens is 212 g/mol. The molecule has 0 spiro atoms. The minimum atomic E-state index is -0.957. The largest absolute Gasteiger partial charge is 0.477 e. The van der Waals surface area contributed by atoms with Crippen LogP contribution < -0.4 is 0 Å². The molecule has 0 saturated heterocycles. The number of hydrogen-bond donors (Lipinski definition) is 2. The van der Waals surface area contributed by atoms with Gasteiger partial charge in [-0.1, -0.05) is 20.8 Å².